The molecular weight excluding hydrogens is 338 g/mol. The Hall–Kier alpha value is -2.67. The lowest BCUT2D eigenvalue weighted by molar-refractivity contribution is 0.318. The first-order valence-electron chi connectivity index (χ1n) is 7.92. The highest BCUT2D eigenvalue weighted by atomic mass is 32.1. The van der Waals surface area contributed by atoms with E-state index in [0.717, 1.165) is 15.3 Å². The number of aryl methyl sites for hydroxylation is 3. The maximum Gasteiger partial charge on any atom is 0.283 e. The fourth-order valence-electron chi connectivity index (χ4n) is 2.53. The third-order valence-electron chi connectivity index (χ3n) is 3.95. The first-order chi connectivity index (χ1) is 11.9. The number of aromatic nitrogens is 2. The molecule has 6 nitrogen and oxygen atoms in total. The van der Waals surface area contributed by atoms with Crippen LogP contribution < -0.4 is 10.3 Å². The third kappa shape index (κ3) is 3.15. The van der Waals surface area contributed by atoms with Gasteiger partial charge >= 0.3 is 0 Å². The van der Waals surface area contributed by atoms with Gasteiger partial charge in [0.1, 0.15) is 10.7 Å². The van der Waals surface area contributed by atoms with Crippen LogP contribution in [-0.2, 0) is 0 Å². The zero-order chi connectivity index (χ0) is 18.1. The van der Waals surface area contributed by atoms with Crippen LogP contribution in [0.15, 0.2) is 28.1 Å². The van der Waals surface area contributed by atoms with Crippen LogP contribution in [0.25, 0.3) is 10.2 Å². The quantitative estimate of drug-likeness (QED) is 0.726. The summed E-state index contributed by atoms with van der Waals surface area (Å²) in [4.78, 5) is 19.1. The minimum Gasteiger partial charge on any atom is -0.504 e. The number of nitrogens with zero attached hydrogens (tertiary/aromatic N) is 3. The van der Waals surface area contributed by atoms with Crippen LogP contribution in [-0.4, -0.2) is 27.6 Å². The molecule has 0 radical (unpaired) electrons. The first kappa shape index (κ1) is 17.2. The third-order valence-corrected chi connectivity index (χ3v) is 5.05. The molecule has 0 atom stereocenters. The number of phenols is 1. The summed E-state index contributed by atoms with van der Waals surface area (Å²) in [5.74, 6) is 0.979. The molecule has 0 bridgehead atoms. The van der Waals surface area contributed by atoms with Gasteiger partial charge in [-0.2, -0.15) is 9.78 Å². The molecule has 0 amide bonds. The van der Waals surface area contributed by atoms with Crippen LogP contribution in [0.1, 0.15) is 28.8 Å². The lowest BCUT2D eigenvalue weighted by Crippen LogP contribution is -2.20. The van der Waals surface area contributed by atoms with E-state index in [1.54, 1.807) is 25.3 Å². The Balaban J connectivity index is 2.06. The number of hydrogen-bond acceptors (Lipinski definition) is 6. The molecular formula is C18H19N3O3S. The van der Waals surface area contributed by atoms with Gasteiger partial charge in [-0.3, -0.25) is 4.79 Å². The Morgan fingerprint density at radius 3 is 2.84 bits per heavy atom. The van der Waals surface area contributed by atoms with Crippen molar-refractivity contribution in [2.45, 2.75) is 27.7 Å². The molecule has 0 unspecified atom stereocenters. The van der Waals surface area contributed by atoms with Gasteiger partial charge in [-0.15, -0.1) is 11.3 Å². The summed E-state index contributed by atoms with van der Waals surface area (Å²) < 4.78 is 6.66. The second-order valence-electron chi connectivity index (χ2n) is 5.64. The summed E-state index contributed by atoms with van der Waals surface area (Å²) >= 11 is 1.52. The van der Waals surface area contributed by atoms with Crippen molar-refractivity contribution in [2.75, 3.05) is 6.61 Å². The number of benzene rings is 1. The molecule has 0 saturated heterocycles. The van der Waals surface area contributed by atoms with E-state index in [9.17, 15) is 9.90 Å². The average molecular weight is 357 g/mol. The largest absolute Gasteiger partial charge is 0.504 e. The molecule has 0 fully saturated rings. The second-order valence-corrected chi connectivity index (χ2v) is 6.85. The topological polar surface area (TPSA) is 76.7 Å². The Bertz CT molecular complexity index is 1030. The van der Waals surface area contributed by atoms with Gasteiger partial charge in [0, 0.05) is 4.88 Å². The van der Waals surface area contributed by atoms with E-state index in [0.29, 0.717) is 29.1 Å². The lowest BCUT2D eigenvalue weighted by atomic mass is 10.2. The van der Waals surface area contributed by atoms with Crippen LogP contribution in [0, 0.1) is 20.8 Å². The maximum absolute atomic E-state index is 12.8. The van der Waals surface area contributed by atoms with Crippen molar-refractivity contribution < 1.29 is 9.84 Å². The fourth-order valence-corrected chi connectivity index (χ4v) is 3.59. The van der Waals surface area contributed by atoms with E-state index in [1.165, 1.54) is 22.1 Å². The molecule has 1 aromatic carbocycles. The van der Waals surface area contributed by atoms with E-state index in [2.05, 4.69) is 10.1 Å². The van der Waals surface area contributed by atoms with E-state index < -0.39 is 0 Å². The molecule has 7 heteroatoms. The molecule has 25 heavy (non-hydrogen) atoms. The highest BCUT2D eigenvalue weighted by molar-refractivity contribution is 7.18. The zero-order valence-electron chi connectivity index (χ0n) is 14.5. The smallest absolute Gasteiger partial charge is 0.283 e. The number of rotatable bonds is 4. The van der Waals surface area contributed by atoms with Gasteiger partial charge in [-0.1, -0.05) is 0 Å². The van der Waals surface area contributed by atoms with Crippen molar-refractivity contribution in [3.8, 4) is 11.5 Å². The SMILES string of the molecule is CCOc1cc(/C=N\n2c(C)nc3sc(C)c(C)c3c2=O)ccc1O. The molecule has 3 rings (SSSR count). The summed E-state index contributed by atoms with van der Waals surface area (Å²) in [6.45, 7) is 7.95. The van der Waals surface area contributed by atoms with Gasteiger partial charge < -0.3 is 9.84 Å². The van der Waals surface area contributed by atoms with Crippen molar-refractivity contribution in [1.29, 1.82) is 0 Å². The Morgan fingerprint density at radius 1 is 1.36 bits per heavy atom. The van der Waals surface area contributed by atoms with Crippen molar-refractivity contribution in [1.82, 2.24) is 9.66 Å². The second kappa shape index (κ2) is 6.68. The van der Waals surface area contributed by atoms with Gasteiger partial charge in [0.05, 0.1) is 18.2 Å². The Labute approximate surface area is 149 Å². The number of aromatic hydroxyl groups is 1. The molecule has 2 aromatic heterocycles. The van der Waals surface area contributed by atoms with Crippen LogP contribution in [0.5, 0.6) is 11.5 Å². The molecule has 2 heterocycles. The Kier molecular flexibility index (Phi) is 4.59. The van der Waals surface area contributed by atoms with Crippen LogP contribution >= 0.6 is 11.3 Å². The number of thiophene rings is 1. The Morgan fingerprint density at radius 2 is 2.12 bits per heavy atom. The number of ether oxygens (including phenoxy) is 1. The van der Waals surface area contributed by atoms with Crippen molar-refractivity contribution >= 4 is 27.8 Å². The van der Waals surface area contributed by atoms with E-state index in [-0.39, 0.29) is 11.3 Å². The lowest BCUT2D eigenvalue weighted by Gasteiger charge is -2.06. The van der Waals surface area contributed by atoms with E-state index in [1.807, 2.05) is 20.8 Å². The summed E-state index contributed by atoms with van der Waals surface area (Å²) in [5.41, 5.74) is 1.49. The molecule has 0 aliphatic heterocycles. The molecule has 1 N–H and O–H groups in total. The number of phenolic OH excluding ortho intramolecular Hbond substituents is 1. The van der Waals surface area contributed by atoms with Crippen molar-refractivity contribution in [2.24, 2.45) is 5.10 Å². The summed E-state index contributed by atoms with van der Waals surface area (Å²) in [5, 5.41) is 14.7. The number of fused-ring (bicyclic) bond motifs is 1. The van der Waals surface area contributed by atoms with E-state index >= 15 is 0 Å². The summed E-state index contributed by atoms with van der Waals surface area (Å²) in [6, 6.07) is 4.91. The van der Waals surface area contributed by atoms with Crippen LogP contribution in [0.4, 0.5) is 0 Å². The first-order valence-corrected chi connectivity index (χ1v) is 8.73. The van der Waals surface area contributed by atoms with Crippen LogP contribution in [0.2, 0.25) is 0 Å². The van der Waals surface area contributed by atoms with Gasteiger partial charge in [-0.25, -0.2) is 4.98 Å². The summed E-state index contributed by atoms with van der Waals surface area (Å²) in [7, 11) is 0. The standard InChI is InChI=1S/C18H19N3O3S/c1-5-24-15-8-13(6-7-14(15)22)9-19-21-12(4)20-17-16(18(21)23)10(2)11(3)25-17/h6-9,22H,5H2,1-4H3/b19-9-. The minimum atomic E-state index is -0.176. The highest BCUT2D eigenvalue weighted by Crippen LogP contribution is 2.27. The van der Waals surface area contributed by atoms with Gasteiger partial charge in [0.25, 0.3) is 5.56 Å². The zero-order valence-corrected chi connectivity index (χ0v) is 15.3. The predicted octanol–water partition coefficient (Wildman–Crippen LogP) is 3.37. The van der Waals surface area contributed by atoms with Crippen molar-refractivity contribution in [3.63, 3.8) is 0 Å². The van der Waals surface area contributed by atoms with E-state index in [4.69, 9.17) is 4.74 Å². The molecule has 0 spiro atoms. The van der Waals surface area contributed by atoms with Gasteiger partial charge in [0.15, 0.2) is 11.5 Å². The van der Waals surface area contributed by atoms with Gasteiger partial charge in [-0.05, 0) is 57.0 Å². The fraction of sp³-hybridized carbons (Fsp3) is 0.278. The molecule has 3 aromatic rings. The molecule has 0 aliphatic carbocycles. The monoisotopic (exact) mass is 357 g/mol. The highest BCUT2D eigenvalue weighted by Gasteiger charge is 2.14. The van der Waals surface area contributed by atoms with Crippen LogP contribution in [0.3, 0.4) is 0 Å². The summed E-state index contributed by atoms with van der Waals surface area (Å²) in [6.07, 6.45) is 1.55. The average Bonchev–Trinajstić information content (AvgIpc) is 2.84. The predicted molar refractivity (Wildman–Crippen MR) is 100 cm³/mol. The van der Waals surface area contributed by atoms with Crippen molar-refractivity contribution in [3.05, 3.63) is 50.4 Å². The maximum atomic E-state index is 12.8. The molecule has 0 saturated carbocycles. The molecule has 0 aliphatic rings. The van der Waals surface area contributed by atoms with Gasteiger partial charge in [0.2, 0.25) is 0 Å². The number of hydrogen-bond donors (Lipinski definition) is 1. The molecule has 130 valence electrons. The minimum absolute atomic E-state index is 0.0693. The normalized spacial score (nSPS) is 11.5.